The van der Waals surface area contributed by atoms with E-state index in [1.54, 1.807) is 0 Å². The summed E-state index contributed by atoms with van der Waals surface area (Å²) in [6.07, 6.45) is 6.42. The first kappa shape index (κ1) is 17.0. The van der Waals surface area contributed by atoms with Crippen LogP contribution in [0.4, 0.5) is 0 Å². The van der Waals surface area contributed by atoms with Crippen LogP contribution < -0.4 is 5.32 Å². The summed E-state index contributed by atoms with van der Waals surface area (Å²) in [7, 11) is 0. The first-order valence-electron chi connectivity index (χ1n) is 8.41. The molecular formula is C17H36N2. The summed E-state index contributed by atoms with van der Waals surface area (Å²) in [6.45, 7) is 17.7. The highest BCUT2D eigenvalue weighted by atomic mass is 15.3. The lowest BCUT2D eigenvalue weighted by Crippen LogP contribution is -2.68. The second-order valence-corrected chi connectivity index (χ2v) is 7.15. The normalized spacial score (nSPS) is 27.9. The molecule has 0 bridgehead atoms. The molecule has 19 heavy (non-hydrogen) atoms. The van der Waals surface area contributed by atoms with Crippen LogP contribution in [0.5, 0.6) is 0 Å². The molecule has 0 amide bonds. The van der Waals surface area contributed by atoms with Crippen LogP contribution in [-0.2, 0) is 0 Å². The van der Waals surface area contributed by atoms with Gasteiger partial charge in [0.05, 0.1) is 0 Å². The Labute approximate surface area is 121 Å². The van der Waals surface area contributed by atoms with Gasteiger partial charge >= 0.3 is 0 Å². The van der Waals surface area contributed by atoms with Gasteiger partial charge in [-0.2, -0.15) is 0 Å². The van der Waals surface area contributed by atoms with Crippen molar-refractivity contribution in [2.75, 3.05) is 19.6 Å². The fourth-order valence-electron chi connectivity index (χ4n) is 3.21. The molecule has 2 nitrogen and oxygen atoms in total. The highest BCUT2D eigenvalue weighted by Gasteiger charge is 2.41. The Morgan fingerprint density at radius 3 is 2.21 bits per heavy atom. The highest BCUT2D eigenvalue weighted by Crippen LogP contribution is 2.30. The van der Waals surface area contributed by atoms with Crippen LogP contribution in [0.25, 0.3) is 0 Å². The van der Waals surface area contributed by atoms with E-state index in [1.165, 1.54) is 45.2 Å². The molecule has 1 rings (SSSR count). The summed E-state index contributed by atoms with van der Waals surface area (Å²) < 4.78 is 0. The number of hydrogen-bond acceptors (Lipinski definition) is 2. The topological polar surface area (TPSA) is 15.3 Å². The van der Waals surface area contributed by atoms with Gasteiger partial charge in [-0.1, -0.05) is 34.6 Å². The predicted molar refractivity (Wildman–Crippen MR) is 85.7 cm³/mol. The Balaban J connectivity index is 2.68. The van der Waals surface area contributed by atoms with Crippen LogP contribution in [0.15, 0.2) is 0 Å². The maximum Gasteiger partial charge on any atom is 0.0304 e. The molecule has 114 valence electrons. The van der Waals surface area contributed by atoms with E-state index in [9.17, 15) is 0 Å². The number of rotatable bonds is 7. The van der Waals surface area contributed by atoms with E-state index in [1.807, 2.05) is 0 Å². The van der Waals surface area contributed by atoms with Gasteiger partial charge in [-0.05, 0) is 51.5 Å². The summed E-state index contributed by atoms with van der Waals surface area (Å²) >= 11 is 0. The average Bonchev–Trinajstić information content (AvgIpc) is 2.41. The average molecular weight is 268 g/mol. The van der Waals surface area contributed by atoms with Crippen molar-refractivity contribution in [1.29, 1.82) is 0 Å². The van der Waals surface area contributed by atoms with Crippen LogP contribution >= 0.6 is 0 Å². The minimum Gasteiger partial charge on any atom is -0.308 e. The lowest BCUT2D eigenvalue weighted by molar-refractivity contribution is 0.00756. The van der Waals surface area contributed by atoms with E-state index < -0.39 is 0 Å². The molecular weight excluding hydrogens is 232 g/mol. The number of piperazine rings is 1. The van der Waals surface area contributed by atoms with Crippen LogP contribution in [0.2, 0.25) is 0 Å². The molecule has 1 aliphatic rings. The van der Waals surface area contributed by atoms with E-state index in [0.717, 1.165) is 12.5 Å². The highest BCUT2D eigenvalue weighted by molar-refractivity contribution is 5.02. The zero-order chi connectivity index (χ0) is 14.5. The fraction of sp³-hybridized carbons (Fsp3) is 1.00. The summed E-state index contributed by atoms with van der Waals surface area (Å²) in [5, 5.41) is 3.86. The summed E-state index contributed by atoms with van der Waals surface area (Å²) in [5.41, 5.74) is 0.706. The zero-order valence-electron chi connectivity index (χ0n) is 14.2. The summed E-state index contributed by atoms with van der Waals surface area (Å²) in [4.78, 5) is 2.78. The Kier molecular flexibility index (Phi) is 6.32. The quantitative estimate of drug-likeness (QED) is 0.749. The third kappa shape index (κ3) is 4.19. The molecule has 1 saturated heterocycles. The van der Waals surface area contributed by atoms with Crippen molar-refractivity contribution in [3.63, 3.8) is 0 Å². The zero-order valence-corrected chi connectivity index (χ0v) is 14.2. The minimum atomic E-state index is 0.352. The van der Waals surface area contributed by atoms with Gasteiger partial charge in [-0.3, -0.25) is 4.90 Å². The third-order valence-electron chi connectivity index (χ3n) is 5.43. The molecule has 0 saturated carbocycles. The van der Waals surface area contributed by atoms with Crippen molar-refractivity contribution in [2.24, 2.45) is 5.92 Å². The fourth-order valence-corrected chi connectivity index (χ4v) is 3.21. The molecule has 2 heteroatoms. The molecule has 1 aliphatic heterocycles. The molecule has 0 radical (unpaired) electrons. The van der Waals surface area contributed by atoms with E-state index in [2.05, 4.69) is 51.8 Å². The number of nitrogens with one attached hydrogen (secondary N) is 1. The predicted octanol–water partition coefficient (Wildman–Crippen LogP) is 4.06. The van der Waals surface area contributed by atoms with Gasteiger partial charge in [0.15, 0.2) is 0 Å². The summed E-state index contributed by atoms with van der Waals surface area (Å²) in [6, 6.07) is 0. The molecule has 1 N–H and O–H groups in total. The van der Waals surface area contributed by atoms with Crippen LogP contribution in [0.3, 0.4) is 0 Å². The lowest BCUT2D eigenvalue weighted by Gasteiger charge is -2.53. The smallest absolute Gasteiger partial charge is 0.0304 e. The molecule has 0 aromatic carbocycles. The SMILES string of the molecule is CCC1(CC)CN(CCCC(C)C)C(C)(CC)CN1. The Morgan fingerprint density at radius 2 is 1.74 bits per heavy atom. The minimum absolute atomic E-state index is 0.352. The van der Waals surface area contributed by atoms with Crippen LogP contribution in [0, 0.1) is 5.92 Å². The van der Waals surface area contributed by atoms with Crippen molar-refractivity contribution in [3.05, 3.63) is 0 Å². The van der Waals surface area contributed by atoms with Crippen molar-refractivity contribution >= 4 is 0 Å². The van der Waals surface area contributed by atoms with Gasteiger partial charge in [-0.25, -0.2) is 0 Å². The van der Waals surface area contributed by atoms with Gasteiger partial charge in [0.1, 0.15) is 0 Å². The molecule has 1 atom stereocenters. The first-order valence-corrected chi connectivity index (χ1v) is 8.41. The van der Waals surface area contributed by atoms with Crippen LogP contribution in [0.1, 0.15) is 73.6 Å². The second-order valence-electron chi connectivity index (χ2n) is 7.15. The van der Waals surface area contributed by atoms with Gasteiger partial charge in [0, 0.05) is 24.2 Å². The largest absolute Gasteiger partial charge is 0.308 e. The number of nitrogens with zero attached hydrogens (tertiary/aromatic N) is 1. The van der Waals surface area contributed by atoms with Crippen molar-refractivity contribution in [2.45, 2.75) is 84.7 Å². The maximum atomic E-state index is 3.86. The van der Waals surface area contributed by atoms with Gasteiger partial charge in [-0.15, -0.1) is 0 Å². The van der Waals surface area contributed by atoms with Gasteiger partial charge in [0.2, 0.25) is 0 Å². The standard InChI is InChI=1S/C17H36N2/c1-7-16(6)13-18-17(8-2,9-3)14-19(16)12-10-11-15(4)5/h15,18H,7-14H2,1-6H3. The molecule has 0 aromatic heterocycles. The second kappa shape index (κ2) is 7.08. The maximum absolute atomic E-state index is 3.86. The van der Waals surface area contributed by atoms with E-state index in [4.69, 9.17) is 0 Å². The summed E-state index contributed by atoms with van der Waals surface area (Å²) in [5.74, 6) is 0.831. The first-order chi connectivity index (χ1) is 8.91. The molecule has 1 fully saturated rings. The van der Waals surface area contributed by atoms with Crippen molar-refractivity contribution in [1.82, 2.24) is 10.2 Å². The number of hydrogen-bond donors (Lipinski definition) is 1. The van der Waals surface area contributed by atoms with Crippen molar-refractivity contribution in [3.8, 4) is 0 Å². The van der Waals surface area contributed by atoms with Gasteiger partial charge in [0.25, 0.3) is 0 Å². The Hall–Kier alpha value is -0.0800. The third-order valence-corrected chi connectivity index (χ3v) is 5.43. The van der Waals surface area contributed by atoms with E-state index in [-0.39, 0.29) is 0 Å². The molecule has 0 spiro atoms. The van der Waals surface area contributed by atoms with Crippen molar-refractivity contribution < 1.29 is 0 Å². The lowest BCUT2D eigenvalue weighted by atomic mass is 9.83. The van der Waals surface area contributed by atoms with E-state index >= 15 is 0 Å². The molecule has 0 aliphatic carbocycles. The molecule has 1 unspecified atom stereocenters. The monoisotopic (exact) mass is 268 g/mol. The van der Waals surface area contributed by atoms with E-state index in [0.29, 0.717) is 11.1 Å². The Morgan fingerprint density at radius 1 is 1.11 bits per heavy atom. The van der Waals surface area contributed by atoms with Gasteiger partial charge < -0.3 is 5.32 Å². The molecule has 0 aromatic rings. The van der Waals surface area contributed by atoms with Crippen LogP contribution in [-0.4, -0.2) is 35.6 Å². The molecule has 1 heterocycles. The Bertz CT molecular complexity index is 258.